The molecular weight excluding hydrogens is 539 g/mol. The van der Waals surface area contributed by atoms with Gasteiger partial charge in [0.05, 0.1) is 0 Å². The maximum Gasteiger partial charge on any atom is 0.435 e. The van der Waals surface area contributed by atoms with E-state index in [9.17, 15) is 22.8 Å². The fraction of sp³-hybridized carbons (Fsp3) is 0.500. The topological polar surface area (TPSA) is 102 Å². The molecule has 0 unspecified atom stereocenters. The Morgan fingerprint density at radius 3 is 2.56 bits per heavy atom. The van der Waals surface area contributed by atoms with Gasteiger partial charge in [0.2, 0.25) is 0 Å². The molecule has 34 heavy (non-hydrogen) atoms. The molecule has 3 amide bonds. The number of pyridine rings is 1. The number of hydrogen-bond donors (Lipinski definition) is 3. The van der Waals surface area contributed by atoms with Crippen molar-refractivity contribution >= 4 is 45.0 Å². The second-order valence-corrected chi connectivity index (χ2v) is 9.48. The van der Waals surface area contributed by atoms with E-state index in [0.29, 0.717) is 28.9 Å². The van der Waals surface area contributed by atoms with Gasteiger partial charge in [-0.05, 0) is 36.0 Å². The minimum Gasteiger partial charge on any atom is -0.350 e. The zero-order valence-electron chi connectivity index (χ0n) is 18.6. The molecule has 0 aliphatic carbocycles. The van der Waals surface area contributed by atoms with Crippen molar-refractivity contribution < 1.29 is 22.8 Å². The molecule has 3 heterocycles. The maximum absolute atomic E-state index is 13.7. The molecule has 0 bridgehead atoms. The molecule has 0 saturated carbocycles. The van der Waals surface area contributed by atoms with Crippen LogP contribution in [0, 0.1) is 0 Å². The smallest absolute Gasteiger partial charge is 0.350 e. The lowest BCUT2D eigenvalue weighted by Gasteiger charge is -2.32. The summed E-state index contributed by atoms with van der Waals surface area (Å²) in [6, 6.07) is 0.895. The van der Waals surface area contributed by atoms with Crippen molar-refractivity contribution in [3.8, 4) is 10.6 Å². The summed E-state index contributed by atoms with van der Waals surface area (Å²) >= 11 is 3.90. The van der Waals surface area contributed by atoms with Gasteiger partial charge in [-0.2, -0.15) is 13.2 Å². The van der Waals surface area contributed by atoms with Crippen LogP contribution in [0.2, 0.25) is 0 Å². The lowest BCUT2D eigenvalue weighted by molar-refractivity contribution is -0.141. The zero-order valence-corrected chi connectivity index (χ0v) is 21.0. The molecule has 1 aliphatic rings. The third-order valence-electron chi connectivity index (χ3n) is 5.08. The van der Waals surface area contributed by atoms with Crippen molar-refractivity contribution in [2.45, 2.75) is 13.1 Å². The van der Waals surface area contributed by atoms with Crippen molar-refractivity contribution in [1.29, 1.82) is 0 Å². The molecule has 2 aromatic heterocycles. The Kier molecular flexibility index (Phi) is 8.84. The number of likely N-dealkylation sites (N-methyl/N-ethyl adjacent to an activating group) is 1. The Balaban J connectivity index is 1.78. The number of anilines is 1. The zero-order chi connectivity index (χ0) is 24.9. The van der Waals surface area contributed by atoms with Gasteiger partial charge in [-0.15, -0.1) is 11.3 Å². The van der Waals surface area contributed by atoms with E-state index in [1.807, 2.05) is 7.05 Å². The van der Waals surface area contributed by atoms with Gasteiger partial charge in [-0.3, -0.25) is 15.0 Å². The van der Waals surface area contributed by atoms with Crippen LogP contribution in [0.1, 0.15) is 22.3 Å². The molecular formula is C20H25BrF3N7O2S. The van der Waals surface area contributed by atoms with Gasteiger partial charge < -0.3 is 15.5 Å². The number of rotatable bonds is 7. The Bertz CT molecular complexity index is 1030. The lowest BCUT2D eigenvalue weighted by atomic mass is 10.2. The van der Waals surface area contributed by atoms with E-state index in [1.165, 1.54) is 12.3 Å². The minimum absolute atomic E-state index is 0.0234. The summed E-state index contributed by atoms with van der Waals surface area (Å²) in [5.41, 5.74) is -0.972. The Morgan fingerprint density at radius 1 is 1.21 bits per heavy atom. The molecule has 2 aromatic rings. The lowest BCUT2D eigenvalue weighted by Crippen LogP contribution is -2.46. The second kappa shape index (κ2) is 11.4. The third-order valence-corrected chi connectivity index (χ3v) is 6.80. The number of nitrogens with zero attached hydrogens (tertiary/aromatic N) is 4. The number of nitrogens with one attached hydrogen (secondary N) is 3. The molecule has 186 valence electrons. The van der Waals surface area contributed by atoms with Crippen LogP contribution >= 0.6 is 27.3 Å². The maximum atomic E-state index is 13.7. The van der Waals surface area contributed by atoms with Crippen LogP contribution in [-0.2, 0) is 6.18 Å². The summed E-state index contributed by atoms with van der Waals surface area (Å²) in [7, 11) is 2.03. The molecule has 14 heteroatoms. The number of alkyl halides is 3. The van der Waals surface area contributed by atoms with Crippen LogP contribution in [0.4, 0.5) is 23.8 Å². The quantitative estimate of drug-likeness (QED) is 0.478. The van der Waals surface area contributed by atoms with E-state index in [-0.39, 0.29) is 22.9 Å². The van der Waals surface area contributed by atoms with Crippen LogP contribution in [-0.4, -0.2) is 84.6 Å². The highest BCUT2D eigenvalue weighted by Gasteiger charge is 2.40. The molecule has 0 aromatic carbocycles. The molecule has 3 N–H and O–H groups in total. The van der Waals surface area contributed by atoms with Gasteiger partial charge in [0.25, 0.3) is 5.91 Å². The van der Waals surface area contributed by atoms with E-state index in [2.05, 4.69) is 51.6 Å². The van der Waals surface area contributed by atoms with Gasteiger partial charge in [-0.25, -0.2) is 14.8 Å². The number of carbonyl (C=O) groups excluding carboxylic acids is 2. The SMILES string of the molecule is CCNC(=O)Nc1cc(-c2nc(C(F)(F)F)c(C(=O)NCCN3CCN(C)CC3)s2)c(Br)cn1. The molecule has 0 radical (unpaired) electrons. The molecule has 1 fully saturated rings. The number of hydrogen-bond acceptors (Lipinski definition) is 7. The summed E-state index contributed by atoms with van der Waals surface area (Å²) in [4.78, 5) is 36.0. The molecule has 1 saturated heterocycles. The van der Waals surface area contributed by atoms with Gasteiger partial charge >= 0.3 is 12.2 Å². The van der Waals surface area contributed by atoms with Gasteiger partial charge in [-0.1, -0.05) is 0 Å². The van der Waals surface area contributed by atoms with E-state index in [4.69, 9.17) is 0 Å². The van der Waals surface area contributed by atoms with Crippen LogP contribution in [0.5, 0.6) is 0 Å². The Hall–Kier alpha value is -2.29. The predicted molar refractivity (Wildman–Crippen MR) is 127 cm³/mol. The van der Waals surface area contributed by atoms with Gasteiger partial charge in [0.1, 0.15) is 15.7 Å². The number of aromatic nitrogens is 2. The number of carbonyl (C=O) groups is 2. The van der Waals surface area contributed by atoms with Crippen LogP contribution < -0.4 is 16.0 Å². The summed E-state index contributed by atoms with van der Waals surface area (Å²) in [5, 5.41) is 7.61. The average molecular weight is 564 g/mol. The third kappa shape index (κ3) is 6.87. The molecule has 0 atom stereocenters. The summed E-state index contributed by atoms with van der Waals surface area (Å²) in [6.45, 7) is 6.41. The number of halogens is 4. The number of piperazine rings is 1. The summed E-state index contributed by atoms with van der Waals surface area (Å²) < 4.78 is 41.4. The molecule has 1 aliphatic heterocycles. The molecule has 3 rings (SSSR count). The summed E-state index contributed by atoms with van der Waals surface area (Å²) in [5.74, 6) is -0.692. The first kappa shape index (κ1) is 26.3. The molecule has 9 nitrogen and oxygen atoms in total. The largest absolute Gasteiger partial charge is 0.435 e. The molecule has 0 spiro atoms. The monoisotopic (exact) mass is 563 g/mol. The van der Waals surface area contributed by atoms with E-state index >= 15 is 0 Å². The highest BCUT2D eigenvalue weighted by molar-refractivity contribution is 9.10. The second-order valence-electron chi connectivity index (χ2n) is 7.63. The van der Waals surface area contributed by atoms with E-state index in [0.717, 1.165) is 26.2 Å². The van der Waals surface area contributed by atoms with Crippen molar-refractivity contribution in [2.75, 3.05) is 58.2 Å². The first-order chi connectivity index (χ1) is 16.1. The number of urea groups is 1. The fourth-order valence-electron chi connectivity index (χ4n) is 3.25. The van der Waals surface area contributed by atoms with Gasteiger partial charge in [0.15, 0.2) is 5.69 Å². The summed E-state index contributed by atoms with van der Waals surface area (Å²) in [6.07, 6.45) is -3.46. The van der Waals surface area contributed by atoms with Crippen LogP contribution in [0.3, 0.4) is 0 Å². The number of thiazole rings is 1. The first-order valence-electron chi connectivity index (χ1n) is 10.6. The van der Waals surface area contributed by atoms with Crippen LogP contribution in [0.25, 0.3) is 10.6 Å². The highest BCUT2D eigenvalue weighted by atomic mass is 79.9. The Morgan fingerprint density at radius 2 is 1.91 bits per heavy atom. The van der Waals surface area contributed by atoms with Crippen LogP contribution in [0.15, 0.2) is 16.7 Å². The van der Waals surface area contributed by atoms with Gasteiger partial charge in [0, 0.05) is 62.0 Å². The first-order valence-corrected chi connectivity index (χ1v) is 12.2. The Labute approximate surface area is 207 Å². The standard InChI is InChI=1S/C20H25BrF3N7O2S/c1-3-25-19(33)28-14-10-12(13(21)11-27-14)18-29-16(20(22,23)24)15(34-18)17(32)26-4-5-31-8-6-30(2)7-9-31/h10-11H,3-9H2,1-2H3,(H,26,32)(H2,25,27,28,33). The minimum atomic E-state index is -4.81. The van der Waals surface area contributed by atoms with Crippen molar-refractivity contribution in [3.63, 3.8) is 0 Å². The van der Waals surface area contributed by atoms with E-state index < -0.39 is 28.7 Å². The normalized spacial score (nSPS) is 15.2. The van der Waals surface area contributed by atoms with E-state index in [1.54, 1.807) is 6.92 Å². The predicted octanol–water partition coefficient (Wildman–Crippen LogP) is 3.11. The van der Waals surface area contributed by atoms with Crippen molar-refractivity contribution in [3.05, 3.63) is 27.3 Å². The number of amides is 3. The fourth-order valence-corrected chi connectivity index (χ4v) is 4.82. The average Bonchev–Trinajstić information content (AvgIpc) is 3.23. The van der Waals surface area contributed by atoms with Crippen molar-refractivity contribution in [1.82, 2.24) is 30.4 Å². The van der Waals surface area contributed by atoms with Crippen molar-refractivity contribution in [2.24, 2.45) is 0 Å². The highest BCUT2D eigenvalue weighted by Crippen LogP contribution is 2.40.